The Balaban J connectivity index is 1.62. The van der Waals surface area contributed by atoms with E-state index in [9.17, 15) is 0 Å². The zero-order valence-corrected chi connectivity index (χ0v) is 14.2. The van der Waals surface area contributed by atoms with Crippen molar-refractivity contribution < 1.29 is 4.74 Å². The van der Waals surface area contributed by atoms with Crippen LogP contribution in [0.25, 0.3) is 10.9 Å². The summed E-state index contributed by atoms with van der Waals surface area (Å²) in [6.07, 6.45) is 2.08. The normalized spacial score (nSPS) is 10.9. The highest BCUT2D eigenvalue weighted by molar-refractivity contribution is 5.87. The molecule has 0 atom stereocenters. The molecule has 4 rings (SSSR count). The lowest BCUT2D eigenvalue weighted by Gasteiger charge is -2.08. The molecule has 0 saturated carbocycles. The van der Waals surface area contributed by atoms with Gasteiger partial charge in [0.05, 0.1) is 17.4 Å². The molecule has 0 unspecified atom stereocenters. The summed E-state index contributed by atoms with van der Waals surface area (Å²) in [7, 11) is 0. The number of hydrogen-bond donors (Lipinski definition) is 0. The minimum Gasteiger partial charge on any atom is -0.488 e. The fourth-order valence-corrected chi connectivity index (χ4v) is 2.98. The van der Waals surface area contributed by atoms with Gasteiger partial charge in [-0.05, 0) is 29.7 Å². The molecule has 0 radical (unpaired) electrons. The molecule has 124 valence electrons. The first-order chi connectivity index (χ1) is 12.3. The number of aromatic nitrogens is 2. The summed E-state index contributed by atoms with van der Waals surface area (Å²) in [4.78, 5) is 0. The van der Waals surface area contributed by atoms with Crippen molar-refractivity contribution in [3.8, 4) is 5.75 Å². The molecule has 0 amide bonds. The van der Waals surface area contributed by atoms with E-state index in [1.165, 1.54) is 5.56 Å². The fraction of sp³-hybridized carbons (Fsp3) is 0.136. The summed E-state index contributed by atoms with van der Waals surface area (Å²) in [5, 5.41) is 5.82. The number of aryl methyl sites for hydroxylation is 1. The lowest BCUT2D eigenvalue weighted by atomic mass is 10.1. The van der Waals surface area contributed by atoms with Crippen LogP contribution in [0.4, 0.5) is 0 Å². The second-order valence-electron chi connectivity index (χ2n) is 6.23. The molecule has 0 N–H and O–H groups in total. The quantitative estimate of drug-likeness (QED) is 0.517. The minimum absolute atomic E-state index is 0.558. The average Bonchev–Trinajstić information content (AvgIpc) is 3.08. The molecule has 0 saturated heterocycles. The van der Waals surface area contributed by atoms with Crippen LogP contribution < -0.4 is 4.74 Å². The number of nitrogens with zero attached hydrogens (tertiary/aromatic N) is 2. The Bertz CT molecular complexity index is 975. The number of fused-ring (bicyclic) bond motifs is 1. The van der Waals surface area contributed by atoms with Crippen molar-refractivity contribution >= 4 is 10.9 Å². The Morgan fingerprint density at radius 3 is 2.24 bits per heavy atom. The molecule has 1 heterocycles. The SMILES string of the molecule is Cc1ccc(OCc2ccccc2)c2cn(Cc3ccccc3)nc12. The van der Waals surface area contributed by atoms with Gasteiger partial charge in [-0.2, -0.15) is 5.10 Å². The van der Waals surface area contributed by atoms with Crippen LogP contribution in [0.15, 0.2) is 79.0 Å². The zero-order valence-electron chi connectivity index (χ0n) is 14.2. The number of benzene rings is 3. The molecule has 3 aromatic carbocycles. The molecule has 1 aromatic heterocycles. The van der Waals surface area contributed by atoms with Crippen LogP contribution in [0.2, 0.25) is 0 Å². The van der Waals surface area contributed by atoms with Crippen LogP contribution >= 0.6 is 0 Å². The predicted molar refractivity (Wildman–Crippen MR) is 101 cm³/mol. The predicted octanol–water partition coefficient (Wildman–Crippen LogP) is 4.97. The van der Waals surface area contributed by atoms with Crippen LogP contribution in [0.5, 0.6) is 5.75 Å². The van der Waals surface area contributed by atoms with Crippen molar-refractivity contribution in [3.05, 3.63) is 95.7 Å². The van der Waals surface area contributed by atoms with Gasteiger partial charge in [-0.15, -0.1) is 0 Å². The van der Waals surface area contributed by atoms with E-state index >= 15 is 0 Å². The smallest absolute Gasteiger partial charge is 0.130 e. The van der Waals surface area contributed by atoms with Crippen LogP contribution in [0.3, 0.4) is 0 Å². The fourth-order valence-electron chi connectivity index (χ4n) is 2.98. The summed E-state index contributed by atoms with van der Waals surface area (Å²) in [5.74, 6) is 0.878. The molecule has 25 heavy (non-hydrogen) atoms. The van der Waals surface area contributed by atoms with Crippen molar-refractivity contribution in [1.82, 2.24) is 9.78 Å². The van der Waals surface area contributed by atoms with E-state index in [4.69, 9.17) is 9.84 Å². The molecule has 3 nitrogen and oxygen atoms in total. The molecule has 0 aliphatic rings. The molecule has 0 bridgehead atoms. The van der Waals surface area contributed by atoms with Crippen molar-refractivity contribution in [1.29, 1.82) is 0 Å². The van der Waals surface area contributed by atoms with E-state index in [2.05, 4.69) is 55.6 Å². The monoisotopic (exact) mass is 328 g/mol. The first kappa shape index (κ1) is 15.5. The summed E-state index contributed by atoms with van der Waals surface area (Å²) < 4.78 is 8.06. The van der Waals surface area contributed by atoms with E-state index in [1.54, 1.807) is 0 Å². The third-order valence-corrected chi connectivity index (χ3v) is 4.31. The van der Waals surface area contributed by atoms with Crippen LogP contribution in [0.1, 0.15) is 16.7 Å². The molecule has 0 spiro atoms. The van der Waals surface area contributed by atoms with Crippen LogP contribution in [-0.2, 0) is 13.2 Å². The molecule has 3 heteroatoms. The van der Waals surface area contributed by atoms with Gasteiger partial charge in [0.15, 0.2) is 0 Å². The largest absolute Gasteiger partial charge is 0.488 e. The van der Waals surface area contributed by atoms with Gasteiger partial charge >= 0.3 is 0 Å². The van der Waals surface area contributed by atoms with Gasteiger partial charge in [0.1, 0.15) is 12.4 Å². The topological polar surface area (TPSA) is 27.1 Å². The lowest BCUT2D eigenvalue weighted by Crippen LogP contribution is -1.99. The summed E-state index contributed by atoms with van der Waals surface area (Å²) in [6, 6.07) is 24.7. The molecule has 0 aliphatic carbocycles. The van der Waals surface area contributed by atoms with Crippen molar-refractivity contribution in [3.63, 3.8) is 0 Å². The second kappa shape index (κ2) is 6.81. The molecule has 0 aliphatic heterocycles. The highest BCUT2D eigenvalue weighted by Crippen LogP contribution is 2.28. The summed E-state index contributed by atoms with van der Waals surface area (Å²) >= 11 is 0. The van der Waals surface area contributed by atoms with Crippen molar-refractivity contribution in [2.24, 2.45) is 0 Å². The molecule has 4 aromatic rings. The Kier molecular flexibility index (Phi) is 4.21. The van der Waals surface area contributed by atoms with E-state index in [0.717, 1.165) is 34.3 Å². The van der Waals surface area contributed by atoms with E-state index < -0.39 is 0 Å². The van der Waals surface area contributed by atoms with Gasteiger partial charge in [-0.1, -0.05) is 66.7 Å². The van der Waals surface area contributed by atoms with Gasteiger partial charge in [0.25, 0.3) is 0 Å². The third-order valence-electron chi connectivity index (χ3n) is 4.31. The minimum atomic E-state index is 0.558. The van der Waals surface area contributed by atoms with E-state index in [0.29, 0.717) is 6.61 Å². The maximum Gasteiger partial charge on any atom is 0.130 e. The summed E-state index contributed by atoms with van der Waals surface area (Å²) in [5.41, 5.74) is 4.56. The zero-order chi connectivity index (χ0) is 17.1. The first-order valence-corrected chi connectivity index (χ1v) is 8.47. The van der Waals surface area contributed by atoms with Crippen LogP contribution in [0, 0.1) is 6.92 Å². The molecular weight excluding hydrogens is 308 g/mol. The Morgan fingerprint density at radius 2 is 1.52 bits per heavy atom. The summed E-state index contributed by atoms with van der Waals surface area (Å²) in [6.45, 7) is 3.40. The van der Waals surface area contributed by atoms with Gasteiger partial charge in [-0.25, -0.2) is 0 Å². The van der Waals surface area contributed by atoms with E-state index in [-0.39, 0.29) is 0 Å². The maximum atomic E-state index is 6.07. The highest BCUT2D eigenvalue weighted by atomic mass is 16.5. The Labute approximate surface area is 147 Å². The first-order valence-electron chi connectivity index (χ1n) is 8.47. The van der Waals surface area contributed by atoms with Crippen molar-refractivity contribution in [2.75, 3.05) is 0 Å². The molecule has 0 fully saturated rings. The molecular formula is C22H20N2O. The maximum absolute atomic E-state index is 6.07. The van der Waals surface area contributed by atoms with Gasteiger partial charge in [0.2, 0.25) is 0 Å². The highest BCUT2D eigenvalue weighted by Gasteiger charge is 2.10. The second-order valence-corrected chi connectivity index (χ2v) is 6.23. The Morgan fingerprint density at radius 1 is 0.840 bits per heavy atom. The van der Waals surface area contributed by atoms with E-state index in [1.807, 2.05) is 35.0 Å². The number of hydrogen-bond acceptors (Lipinski definition) is 2. The number of rotatable bonds is 5. The van der Waals surface area contributed by atoms with Gasteiger partial charge in [-0.3, -0.25) is 4.68 Å². The standard InChI is InChI=1S/C22H20N2O/c1-17-12-13-21(25-16-19-10-6-3-7-11-19)20-15-24(23-22(17)20)14-18-8-4-2-5-9-18/h2-13,15H,14,16H2,1H3. The number of ether oxygens (including phenoxy) is 1. The van der Waals surface area contributed by atoms with Crippen LogP contribution in [-0.4, -0.2) is 9.78 Å². The van der Waals surface area contributed by atoms with Gasteiger partial charge < -0.3 is 4.74 Å². The third kappa shape index (κ3) is 3.41. The van der Waals surface area contributed by atoms with Crippen molar-refractivity contribution in [2.45, 2.75) is 20.1 Å². The van der Waals surface area contributed by atoms with Gasteiger partial charge in [0, 0.05) is 6.20 Å². The average molecular weight is 328 g/mol. The lowest BCUT2D eigenvalue weighted by molar-refractivity contribution is 0.310. The Hall–Kier alpha value is -3.07.